The molecule has 2 amide bonds. The fourth-order valence-electron chi connectivity index (χ4n) is 1.36. The van der Waals surface area contributed by atoms with Gasteiger partial charge in [0, 0.05) is 6.07 Å². The number of H-pyrrole nitrogens is 1. The van der Waals surface area contributed by atoms with E-state index in [-0.39, 0.29) is 23.5 Å². The van der Waals surface area contributed by atoms with Gasteiger partial charge in [0.1, 0.15) is 12.1 Å². The Morgan fingerprint density at radius 2 is 2.29 bits per heavy atom. The van der Waals surface area contributed by atoms with E-state index in [2.05, 4.69) is 31.0 Å². The topological polar surface area (TPSA) is 126 Å². The maximum Gasteiger partial charge on any atom is 0.238 e. The van der Waals surface area contributed by atoms with E-state index in [0.717, 1.165) is 0 Å². The minimum atomic E-state index is -0.414. The molecule has 0 aliphatic rings. The summed E-state index contributed by atoms with van der Waals surface area (Å²) < 4.78 is 4.85. The van der Waals surface area contributed by atoms with Gasteiger partial charge in [-0.1, -0.05) is 5.16 Å². The predicted molar refractivity (Wildman–Crippen MR) is 76.8 cm³/mol. The molecule has 1 atom stereocenters. The van der Waals surface area contributed by atoms with Crippen molar-refractivity contribution < 1.29 is 14.1 Å². The average Bonchev–Trinajstić information content (AvgIpc) is 3.08. The summed E-state index contributed by atoms with van der Waals surface area (Å²) in [7, 11) is 0. The Morgan fingerprint density at radius 1 is 1.48 bits per heavy atom. The van der Waals surface area contributed by atoms with Gasteiger partial charge < -0.3 is 9.84 Å². The van der Waals surface area contributed by atoms with E-state index in [1.807, 2.05) is 0 Å². The smallest absolute Gasteiger partial charge is 0.238 e. The second-order valence-corrected chi connectivity index (χ2v) is 5.48. The number of nitrogens with one attached hydrogen (secondary N) is 3. The SMILES string of the molecule is Cc1cc(NC(=O)[C@@H](C)SCC(=O)Nc2ncn[nH]2)no1. The van der Waals surface area contributed by atoms with Crippen molar-refractivity contribution in [3.05, 3.63) is 18.2 Å². The van der Waals surface area contributed by atoms with Crippen LogP contribution in [-0.4, -0.2) is 43.2 Å². The lowest BCUT2D eigenvalue weighted by Crippen LogP contribution is -2.25. The van der Waals surface area contributed by atoms with Gasteiger partial charge in [-0.15, -0.1) is 11.8 Å². The van der Waals surface area contributed by atoms with Crippen molar-refractivity contribution in [1.82, 2.24) is 20.3 Å². The fraction of sp³-hybridized carbons (Fsp3) is 0.364. The number of carbonyl (C=O) groups excluding carboxylic acids is 2. The summed E-state index contributed by atoms with van der Waals surface area (Å²) in [6.07, 6.45) is 1.29. The van der Waals surface area contributed by atoms with Gasteiger partial charge in [0.15, 0.2) is 5.82 Å². The minimum Gasteiger partial charge on any atom is -0.360 e. The van der Waals surface area contributed by atoms with Crippen LogP contribution in [0.15, 0.2) is 16.9 Å². The van der Waals surface area contributed by atoms with E-state index in [0.29, 0.717) is 11.6 Å². The largest absolute Gasteiger partial charge is 0.360 e. The van der Waals surface area contributed by atoms with Crippen LogP contribution in [0.2, 0.25) is 0 Å². The third-order valence-electron chi connectivity index (χ3n) is 2.39. The highest BCUT2D eigenvalue weighted by Gasteiger charge is 2.17. The van der Waals surface area contributed by atoms with Crippen molar-refractivity contribution in [2.75, 3.05) is 16.4 Å². The number of anilines is 2. The zero-order valence-electron chi connectivity index (χ0n) is 11.4. The first-order chi connectivity index (χ1) is 10.0. The molecule has 0 unspecified atom stereocenters. The summed E-state index contributed by atoms with van der Waals surface area (Å²) in [5.74, 6) is 0.839. The second kappa shape index (κ2) is 6.88. The van der Waals surface area contributed by atoms with Gasteiger partial charge in [0.05, 0.1) is 11.0 Å². The molecule has 10 heteroatoms. The van der Waals surface area contributed by atoms with Crippen molar-refractivity contribution in [2.24, 2.45) is 0 Å². The highest BCUT2D eigenvalue weighted by atomic mass is 32.2. The summed E-state index contributed by atoms with van der Waals surface area (Å²) >= 11 is 1.20. The van der Waals surface area contributed by atoms with Gasteiger partial charge in [-0.05, 0) is 13.8 Å². The zero-order valence-corrected chi connectivity index (χ0v) is 12.2. The lowest BCUT2D eigenvalue weighted by atomic mass is 10.4. The number of amides is 2. The molecule has 0 bridgehead atoms. The number of thioether (sulfide) groups is 1. The first-order valence-corrected chi connectivity index (χ1v) is 7.10. The van der Waals surface area contributed by atoms with E-state index in [9.17, 15) is 9.59 Å². The van der Waals surface area contributed by atoms with Crippen molar-refractivity contribution in [1.29, 1.82) is 0 Å². The molecule has 21 heavy (non-hydrogen) atoms. The van der Waals surface area contributed by atoms with Crippen LogP contribution in [0.1, 0.15) is 12.7 Å². The molecular formula is C11H14N6O3S. The average molecular weight is 310 g/mol. The van der Waals surface area contributed by atoms with Crippen LogP contribution in [0.3, 0.4) is 0 Å². The fourth-order valence-corrected chi connectivity index (χ4v) is 2.05. The summed E-state index contributed by atoms with van der Waals surface area (Å²) in [6.45, 7) is 3.43. The summed E-state index contributed by atoms with van der Waals surface area (Å²) in [4.78, 5) is 27.3. The highest BCUT2D eigenvalue weighted by Crippen LogP contribution is 2.14. The molecule has 0 radical (unpaired) electrons. The maximum absolute atomic E-state index is 11.9. The Bertz CT molecular complexity index is 611. The van der Waals surface area contributed by atoms with Crippen LogP contribution in [-0.2, 0) is 9.59 Å². The van der Waals surface area contributed by atoms with Gasteiger partial charge in [0.25, 0.3) is 0 Å². The van der Waals surface area contributed by atoms with Gasteiger partial charge in [0.2, 0.25) is 17.8 Å². The molecule has 0 saturated carbocycles. The number of carbonyl (C=O) groups is 2. The molecule has 0 aromatic carbocycles. The van der Waals surface area contributed by atoms with Gasteiger partial charge in [-0.25, -0.2) is 5.10 Å². The number of rotatable bonds is 6. The molecule has 112 valence electrons. The number of nitrogens with zero attached hydrogens (tertiary/aromatic N) is 3. The molecule has 9 nitrogen and oxygen atoms in total. The monoisotopic (exact) mass is 310 g/mol. The van der Waals surface area contributed by atoms with Crippen molar-refractivity contribution in [2.45, 2.75) is 19.1 Å². The Morgan fingerprint density at radius 3 is 2.90 bits per heavy atom. The minimum absolute atomic E-state index is 0.118. The van der Waals surface area contributed by atoms with E-state index in [1.54, 1.807) is 19.9 Å². The number of aryl methyl sites for hydroxylation is 1. The Kier molecular flexibility index (Phi) is 4.93. The van der Waals surface area contributed by atoms with Gasteiger partial charge in [-0.2, -0.15) is 10.1 Å². The highest BCUT2D eigenvalue weighted by molar-refractivity contribution is 8.01. The Balaban J connectivity index is 1.74. The Hall–Kier alpha value is -2.36. The molecule has 0 spiro atoms. The molecule has 2 heterocycles. The van der Waals surface area contributed by atoms with Crippen LogP contribution in [0, 0.1) is 6.92 Å². The molecule has 2 aromatic rings. The molecule has 0 aliphatic carbocycles. The number of aromatic nitrogens is 4. The van der Waals surface area contributed by atoms with E-state index in [4.69, 9.17) is 4.52 Å². The lowest BCUT2D eigenvalue weighted by molar-refractivity contribution is -0.115. The molecule has 0 fully saturated rings. The lowest BCUT2D eigenvalue weighted by Gasteiger charge is -2.09. The van der Waals surface area contributed by atoms with E-state index < -0.39 is 5.25 Å². The second-order valence-electron chi connectivity index (χ2n) is 4.15. The summed E-state index contributed by atoms with van der Waals surface area (Å²) in [6, 6.07) is 1.62. The first-order valence-electron chi connectivity index (χ1n) is 6.05. The maximum atomic E-state index is 11.9. The molecule has 2 rings (SSSR count). The quantitative estimate of drug-likeness (QED) is 0.720. The van der Waals surface area contributed by atoms with Gasteiger partial charge >= 0.3 is 0 Å². The molecule has 0 aliphatic heterocycles. The van der Waals surface area contributed by atoms with Crippen molar-refractivity contribution in [3.8, 4) is 0 Å². The van der Waals surface area contributed by atoms with Crippen molar-refractivity contribution in [3.63, 3.8) is 0 Å². The van der Waals surface area contributed by atoms with Crippen LogP contribution in [0.4, 0.5) is 11.8 Å². The zero-order chi connectivity index (χ0) is 15.2. The van der Waals surface area contributed by atoms with Crippen LogP contribution < -0.4 is 10.6 Å². The number of hydrogen-bond donors (Lipinski definition) is 3. The standard InChI is InChI=1S/C11H14N6O3S/c1-6-3-8(17-20-6)14-10(19)7(2)21-4-9(18)15-11-12-5-13-16-11/h3,5,7H,4H2,1-2H3,(H,14,17,19)(H2,12,13,15,16,18)/t7-/m1/s1. The van der Waals surface area contributed by atoms with Crippen LogP contribution >= 0.6 is 11.8 Å². The van der Waals surface area contributed by atoms with Crippen molar-refractivity contribution >= 4 is 35.3 Å². The first kappa shape index (κ1) is 15.0. The van der Waals surface area contributed by atoms with E-state index in [1.165, 1.54) is 18.1 Å². The summed E-state index contributed by atoms with van der Waals surface area (Å²) in [5, 5.41) is 14.5. The molecule has 0 saturated heterocycles. The normalized spacial score (nSPS) is 11.9. The third kappa shape index (κ3) is 4.60. The number of aromatic amines is 1. The molecule has 2 aromatic heterocycles. The third-order valence-corrected chi connectivity index (χ3v) is 3.53. The predicted octanol–water partition coefficient (Wildman–Crippen LogP) is 0.800. The van der Waals surface area contributed by atoms with Gasteiger partial charge in [-0.3, -0.25) is 14.9 Å². The van der Waals surface area contributed by atoms with Crippen LogP contribution in [0.25, 0.3) is 0 Å². The molecule has 3 N–H and O–H groups in total. The molecular weight excluding hydrogens is 296 g/mol. The summed E-state index contributed by atoms with van der Waals surface area (Å²) in [5.41, 5.74) is 0. The van der Waals surface area contributed by atoms with Crippen LogP contribution in [0.5, 0.6) is 0 Å². The number of hydrogen-bond acceptors (Lipinski definition) is 7. The van der Waals surface area contributed by atoms with E-state index >= 15 is 0 Å². The Labute approximate surface area is 124 Å².